The second-order valence-corrected chi connectivity index (χ2v) is 2.09. The van der Waals surface area contributed by atoms with Crippen LogP contribution in [-0.2, 0) is 4.74 Å². The van der Waals surface area contributed by atoms with Crippen LogP contribution in [-0.4, -0.2) is 18.5 Å². The highest BCUT2D eigenvalue weighted by Crippen LogP contribution is 2.10. The highest BCUT2D eigenvalue weighted by Gasteiger charge is 2.22. The molecule has 0 spiro atoms. The van der Waals surface area contributed by atoms with Crippen LogP contribution in [0.3, 0.4) is 0 Å². The zero-order chi connectivity index (χ0) is 6.74. The predicted molar refractivity (Wildman–Crippen MR) is 35.0 cm³/mol. The van der Waals surface area contributed by atoms with Crippen LogP contribution in [0.4, 0.5) is 0 Å². The lowest BCUT2D eigenvalue weighted by atomic mass is 10.5. The number of rotatable bonds is 1. The number of aliphatic imine (C=N–C) groups is 1. The van der Waals surface area contributed by atoms with Gasteiger partial charge in [-0.1, -0.05) is 11.6 Å². The van der Waals surface area contributed by atoms with Crippen molar-refractivity contribution in [3.05, 3.63) is 12.4 Å². The quantitative estimate of drug-likeness (QED) is 0.430. The summed E-state index contributed by atoms with van der Waals surface area (Å²) in [6.07, 6.45) is 5.46. The van der Waals surface area contributed by atoms with Crippen LogP contribution in [0.25, 0.3) is 0 Å². The first-order valence-electron chi connectivity index (χ1n) is 2.40. The number of hydrogen-bond acceptors (Lipinski definition) is 3. The SMILES string of the molecule is COC1(Cl)C=N[C]=CN1. The van der Waals surface area contributed by atoms with Gasteiger partial charge in [-0.05, 0) is 0 Å². The second-order valence-electron chi connectivity index (χ2n) is 1.53. The lowest BCUT2D eigenvalue weighted by Crippen LogP contribution is -2.41. The zero-order valence-electron chi connectivity index (χ0n) is 4.89. The molecule has 49 valence electrons. The summed E-state index contributed by atoms with van der Waals surface area (Å²) in [7, 11) is 1.49. The molecule has 0 fully saturated rings. The first kappa shape index (κ1) is 6.58. The molecule has 1 aliphatic heterocycles. The monoisotopic (exact) mass is 145 g/mol. The summed E-state index contributed by atoms with van der Waals surface area (Å²) in [6.45, 7) is 0. The van der Waals surface area contributed by atoms with E-state index in [9.17, 15) is 0 Å². The lowest BCUT2D eigenvalue weighted by Gasteiger charge is -2.21. The number of nitrogens with zero attached hydrogens (tertiary/aromatic N) is 1. The number of ether oxygens (including phenoxy) is 1. The number of nitrogens with one attached hydrogen (secondary N) is 1. The van der Waals surface area contributed by atoms with Crippen LogP contribution in [0.15, 0.2) is 11.2 Å². The Bertz CT molecular complexity index is 157. The minimum Gasteiger partial charge on any atom is -0.344 e. The summed E-state index contributed by atoms with van der Waals surface area (Å²) in [5, 5.41) is 1.74. The fourth-order valence-electron chi connectivity index (χ4n) is 0.437. The topological polar surface area (TPSA) is 33.6 Å². The number of hydrogen-bond donors (Lipinski definition) is 1. The van der Waals surface area contributed by atoms with E-state index in [1.54, 1.807) is 0 Å². The Hall–Kier alpha value is -0.540. The van der Waals surface area contributed by atoms with Gasteiger partial charge in [0.15, 0.2) is 0 Å². The van der Waals surface area contributed by atoms with Gasteiger partial charge in [0.2, 0.25) is 0 Å². The van der Waals surface area contributed by atoms with E-state index < -0.39 is 5.18 Å². The second kappa shape index (κ2) is 2.37. The van der Waals surface area contributed by atoms with Gasteiger partial charge in [-0.15, -0.1) is 0 Å². The molecular formula is C5H6ClN2O. The first-order chi connectivity index (χ1) is 4.27. The van der Waals surface area contributed by atoms with E-state index in [-0.39, 0.29) is 0 Å². The van der Waals surface area contributed by atoms with Gasteiger partial charge in [-0.3, -0.25) is 4.99 Å². The molecule has 0 saturated carbocycles. The molecule has 0 aromatic rings. The Kier molecular flexibility index (Phi) is 1.73. The summed E-state index contributed by atoms with van der Waals surface area (Å²) in [4.78, 5) is 3.65. The Labute approximate surface area is 58.4 Å². The van der Waals surface area contributed by atoms with Crippen LogP contribution < -0.4 is 5.32 Å². The molecule has 1 radical (unpaired) electrons. The van der Waals surface area contributed by atoms with E-state index in [0.717, 1.165) is 0 Å². The predicted octanol–water partition coefficient (Wildman–Crippen LogP) is 0.474. The van der Waals surface area contributed by atoms with Gasteiger partial charge in [-0.2, -0.15) is 0 Å². The van der Waals surface area contributed by atoms with Gasteiger partial charge in [0.05, 0.1) is 6.21 Å². The Morgan fingerprint density at radius 3 is 3.00 bits per heavy atom. The highest BCUT2D eigenvalue weighted by molar-refractivity contribution is 6.30. The largest absolute Gasteiger partial charge is 0.344 e. The van der Waals surface area contributed by atoms with Crippen molar-refractivity contribution >= 4 is 17.8 Å². The molecule has 1 atom stereocenters. The standard InChI is InChI=1S/C5H6ClN2O/c1-9-5(6)4-7-2-3-8-5/h3-4,8H,1H3. The third-order valence-electron chi connectivity index (χ3n) is 0.936. The highest BCUT2D eigenvalue weighted by atomic mass is 35.5. The molecule has 0 aromatic heterocycles. The van der Waals surface area contributed by atoms with E-state index in [1.165, 1.54) is 19.5 Å². The van der Waals surface area contributed by atoms with Crippen molar-refractivity contribution in [1.29, 1.82) is 0 Å². The summed E-state index contributed by atoms with van der Waals surface area (Å²) in [5.41, 5.74) is 0. The maximum Gasteiger partial charge on any atom is 0.254 e. The Morgan fingerprint density at radius 1 is 1.89 bits per heavy atom. The van der Waals surface area contributed by atoms with E-state index in [1.807, 2.05) is 0 Å². The van der Waals surface area contributed by atoms with Crippen molar-refractivity contribution in [2.24, 2.45) is 4.99 Å². The average Bonchev–Trinajstić information content (AvgIpc) is 1.90. The van der Waals surface area contributed by atoms with Gasteiger partial charge >= 0.3 is 0 Å². The molecule has 3 nitrogen and oxygen atoms in total. The molecule has 1 unspecified atom stereocenters. The molecule has 0 saturated heterocycles. The maximum absolute atomic E-state index is 5.71. The lowest BCUT2D eigenvalue weighted by molar-refractivity contribution is 0.106. The molecule has 1 heterocycles. The zero-order valence-corrected chi connectivity index (χ0v) is 5.64. The fourth-order valence-corrected chi connectivity index (χ4v) is 0.540. The average molecular weight is 146 g/mol. The smallest absolute Gasteiger partial charge is 0.254 e. The molecule has 0 aliphatic carbocycles. The van der Waals surface area contributed by atoms with E-state index in [0.29, 0.717) is 0 Å². The first-order valence-corrected chi connectivity index (χ1v) is 2.78. The summed E-state index contributed by atoms with van der Waals surface area (Å²) in [6, 6.07) is 0. The Balaban J connectivity index is 2.63. The van der Waals surface area contributed by atoms with Gasteiger partial charge in [0, 0.05) is 13.3 Å². The summed E-state index contributed by atoms with van der Waals surface area (Å²) < 4.78 is 4.81. The molecule has 1 N–H and O–H groups in total. The van der Waals surface area contributed by atoms with Crippen molar-refractivity contribution in [2.45, 2.75) is 5.18 Å². The van der Waals surface area contributed by atoms with Crippen molar-refractivity contribution in [1.82, 2.24) is 5.32 Å². The molecule has 1 aliphatic rings. The molecular weight excluding hydrogens is 140 g/mol. The van der Waals surface area contributed by atoms with Crippen molar-refractivity contribution in [3.8, 4) is 0 Å². The normalized spacial score (nSPS) is 32.2. The van der Waals surface area contributed by atoms with Crippen molar-refractivity contribution < 1.29 is 4.74 Å². The van der Waals surface area contributed by atoms with Gasteiger partial charge in [-0.25, -0.2) is 0 Å². The van der Waals surface area contributed by atoms with Crippen LogP contribution in [0, 0.1) is 6.20 Å². The van der Waals surface area contributed by atoms with E-state index in [2.05, 4.69) is 16.5 Å². The summed E-state index contributed by atoms with van der Waals surface area (Å²) >= 11 is 5.71. The molecule has 9 heavy (non-hydrogen) atoms. The van der Waals surface area contributed by atoms with Crippen LogP contribution in [0.1, 0.15) is 0 Å². The number of methoxy groups -OCH3 is 1. The third kappa shape index (κ3) is 1.43. The molecule has 0 amide bonds. The van der Waals surface area contributed by atoms with Crippen LogP contribution >= 0.6 is 11.6 Å². The van der Waals surface area contributed by atoms with Crippen LogP contribution in [0.2, 0.25) is 0 Å². The number of alkyl halides is 1. The fraction of sp³-hybridized carbons (Fsp3) is 0.400. The minimum absolute atomic E-state index is 0.967. The van der Waals surface area contributed by atoms with Gasteiger partial charge in [0.25, 0.3) is 5.18 Å². The Morgan fingerprint density at radius 2 is 2.67 bits per heavy atom. The third-order valence-corrected chi connectivity index (χ3v) is 1.30. The number of halogens is 1. The molecule has 0 bridgehead atoms. The van der Waals surface area contributed by atoms with Gasteiger partial charge < -0.3 is 10.1 Å². The van der Waals surface area contributed by atoms with Gasteiger partial charge in [0.1, 0.15) is 6.20 Å². The minimum atomic E-state index is -0.967. The summed E-state index contributed by atoms with van der Waals surface area (Å²) in [5.74, 6) is 0. The van der Waals surface area contributed by atoms with E-state index >= 15 is 0 Å². The molecule has 0 aromatic carbocycles. The molecule has 4 heteroatoms. The van der Waals surface area contributed by atoms with Crippen molar-refractivity contribution in [2.75, 3.05) is 7.11 Å². The van der Waals surface area contributed by atoms with E-state index in [4.69, 9.17) is 16.3 Å². The van der Waals surface area contributed by atoms with Crippen molar-refractivity contribution in [3.63, 3.8) is 0 Å². The molecule has 1 rings (SSSR count). The maximum atomic E-state index is 5.71. The van der Waals surface area contributed by atoms with Crippen LogP contribution in [0.5, 0.6) is 0 Å².